The number of aliphatic hydroxyl groups is 1. The summed E-state index contributed by atoms with van der Waals surface area (Å²) in [6, 6.07) is 0. The summed E-state index contributed by atoms with van der Waals surface area (Å²) in [5.74, 6) is 0.329. The largest absolute Gasteiger partial charge is 0.396 e. The Hall–Kier alpha value is -0.940. The highest BCUT2D eigenvalue weighted by Gasteiger charge is 2.13. The first-order valence-corrected chi connectivity index (χ1v) is 10.4. The first-order valence-electron chi connectivity index (χ1n) is 9.55. The Morgan fingerprint density at radius 2 is 1.58 bits per heavy atom. The van der Waals surface area contributed by atoms with Crippen LogP contribution in [0.5, 0.6) is 0 Å². The molecule has 1 rings (SSSR count). The number of hydrogen-bond donors (Lipinski definition) is 3. The summed E-state index contributed by atoms with van der Waals surface area (Å²) in [7, 11) is 0. The molecule has 138 valence electrons. The second kappa shape index (κ2) is 13.4. The van der Waals surface area contributed by atoms with E-state index in [2.05, 4.69) is 17.0 Å². The molecule has 0 aliphatic rings. The van der Waals surface area contributed by atoms with E-state index >= 15 is 0 Å². The molecule has 1 aromatic rings. The Bertz CT molecular complexity index is 459. The Kier molecular flexibility index (Phi) is 11.7. The Balaban J connectivity index is 1.91. The van der Waals surface area contributed by atoms with Gasteiger partial charge in [0.25, 0.3) is 0 Å². The normalized spacial score (nSPS) is 11.1. The number of nitrogens with zero attached hydrogens (tertiary/aromatic N) is 1. The van der Waals surface area contributed by atoms with Crippen LogP contribution in [0.3, 0.4) is 0 Å². The highest BCUT2D eigenvalue weighted by Crippen LogP contribution is 2.13. The van der Waals surface area contributed by atoms with E-state index in [1.54, 1.807) is 11.3 Å². The number of aliphatic hydroxyl groups excluding tert-OH is 1. The van der Waals surface area contributed by atoms with Crippen LogP contribution in [0, 0.1) is 12.3 Å². The van der Waals surface area contributed by atoms with Crippen molar-refractivity contribution in [1.82, 2.24) is 0 Å². The van der Waals surface area contributed by atoms with Crippen molar-refractivity contribution in [2.75, 3.05) is 6.61 Å². The number of hydrogen-bond acceptors (Lipinski definition) is 3. The van der Waals surface area contributed by atoms with Gasteiger partial charge in [0.15, 0.2) is 5.69 Å². The molecule has 5 heteroatoms. The van der Waals surface area contributed by atoms with E-state index in [1.807, 2.05) is 0 Å². The van der Waals surface area contributed by atoms with Crippen molar-refractivity contribution in [1.29, 1.82) is 5.41 Å². The molecule has 0 spiro atoms. The first-order chi connectivity index (χ1) is 11.6. The average Bonchev–Trinajstić information content (AvgIpc) is 2.89. The lowest BCUT2D eigenvalue weighted by Crippen LogP contribution is -2.34. The van der Waals surface area contributed by atoms with Gasteiger partial charge in [0.2, 0.25) is 5.51 Å². The van der Waals surface area contributed by atoms with Gasteiger partial charge >= 0.3 is 0 Å². The lowest BCUT2D eigenvalue weighted by Gasteiger charge is -2.02. The molecule has 0 radical (unpaired) electrons. The van der Waals surface area contributed by atoms with Crippen molar-refractivity contribution in [3.8, 4) is 0 Å². The van der Waals surface area contributed by atoms with Crippen LogP contribution in [0.4, 0.5) is 0 Å². The van der Waals surface area contributed by atoms with Crippen molar-refractivity contribution in [3.05, 3.63) is 16.1 Å². The van der Waals surface area contributed by atoms with E-state index < -0.39 is 0 Å². The SMILES string of the molecule is Cc1c(CCO)sc[n+]1CCCCCCCCCCCCC(=N)N. The lowest BCUT2D eigenvalue weighted by molar-refractivity contribution is -0.698. The summed E-state index contributed by atoms with van der Waals surface area (Å²) in [6.45, 7) is 3.53. The van der Waals surface area contributed by atoms with Gasteiger partial charge in [0, 0.05) is 32.8 Å². The van der Waals surface area contributed by atoms with E-state index in [-0.39, 0.29) is 6.61 Å². The average molecular weight is 355 g/mol. The molecule has 0 fully saturated rings. The minimum absolute atomic E-state index is 0.248. The molecular weight excluding hydrogens is 318 g/mol. The van der Waals surface area contributed by atoms with Crippen molar-refractivity contribution in [3.63, 3.8) is 0 Å². The quantitative estimate of drug-likeness (QED) is 0.192. The zero-order chi connectivity index (χ0) is 17.6. The van der Waals surface area contributed by atoms with Gasteiger partial charge in [-0.1, -0.05) is 56.3 Å². The van der Waals surface area contributed by atoms with Gasteiger partial charge in [0.1, 0.15) is 6.54 Å². The smallest absolute Gasteiger partial charge is 0.225 e. The zero-order valence-corrected chi connectivity index (χ0v) is 16.2. The lowest BCUT2D eigenvalue weighted by atomic mass is 10.1. The van der Waals surface area contributed by atoms with E-state index in [0.717, 1.165) is 25.8 Å². The fraction of sp³-hybridized carbons (Fsp3) is 0.789. The predicted octanol–water partition coefficient (Wildman–Crippen LogP) is 4.11. The number of unbranched alkanes of at least 4 members (excludes halogenated alkanes) is 9. The molecule has 0 amide bonds. The van der Waals surface area contributed by atoms with Gasteiger partial charge < -0.3 is 10.8 Å². The molecule has 0 aromatic carbocycles. The minimum atomic E-state index is 0.248. The van der Waals surface area contributed by atoms with E-state index in [0.29, 0.717) is 5.84 Å². The Morgan fingerprint density at radius 3 is 2.12 bits per heavy atom. The van der Waals surface area contributed by atoms with Gasteiger partial charge in [0.05, 0.1) is 10.7 Å². The molecule has 0 saturated heterocycles. The molecule has 0 unspecified atom stereocenters. The first kappa shape index (κ1) is 21.1. The Morgan fingerprint density at radius 1 is 1.04 bits per heavy atom. The second-order valence-electron chi connectivity index (χ2n) is 6.71. The molecule has 0 bridgehead atoms. The molecular formula is C19H36N3OS+. The molecule has 24 heavy (non-hydrogen) atoms. The summed E-state index contributed by atoms with van der Waals surface area (Å²) in [4.78, 5) is 1.32. The monoisotopic (exact) mass is 354 g/mol. The van der Waals surface area contributed by atoms with Crippen LogP contribution in [0.1, 0.15) is 81.2 Å². The summed E-state index contributed by atoms with van der Waals surface area (Å²) >= 11 is 1.77. The third-order valence-corrected chi connectivity index (χ3v) is 5.73. The topological polar surface area (TPSA) is 74.0 Å². The van der Waals surface area contributed by atoms with Crippen LogP contribution in [0.25, 0.3) is 0 Å². The molecule has 0 aliphatic heterocycles. The molecule has 1 aromatic heterocycles. The van der Waals surface area contributed by atoms with Gasteiger partial charge in [-0.05, 0) is 12.8 Å². The standard InChI is InChI=1S/C19H36N3OS/c1-17-18(13-15-23)24-16-22(17)14-11-9-7-5-3-2-4-6-8-10-12-19(20)21/h16,23H,2-15H2,1H3,(H3,20,21)/q+1. The van der Waals surface area contributed by atoms with Crippen LogP contribution in [0.2, 0.25) is 0 Å². The molecule has 1 heterocycles. The van der Waals surface area contributed by atoms with Crippen LogP contribution in [-0.4, -0.2) is 17.5 Å². The van der Waals surface area contributed by atoms with E-state index in [9.17, 15) is 0 Å². The van der Waals surface area contributed by atoms with Gasteiger partial charge in [-0.2, -0.15) is 4.57 Å². The van der Waals surface area contributed by atoms with Crippen LogP contribution in [0.15, 0.2) is 5.51 Å². The van der Waals surface area contributed by atoms with E-state index in [1.165, 1.54) is 68.4 Å². The number of amidine groups is 1. The molecule has 4 N–H and O–H groups in total. The number of aromatic nitrogens is 1. The van der Waals surface area contributed by atoms with Crippen LogP contribution < -0.4 is 10.3 Å². The highest BCUT2D eigenvalue weighted by atomic mass is 32.1. The number of nitrogens with one attached hydrogen (secondary N) is 1. The molecule has 4 nitrogen and oxygen atoms in total. The number of thiazole rings is 1. The maximum absolute atomic E-state index is 9.04. The molecule has 0 atom stereocenters. The fourth-order valence-electron chi connectivity index (χ4n) is 3.03. The maximum atomic E-state index is 9.04. The zero-order valence-electron chi connectivity index (χ0n) is 15.4. The summed E-state index contributed by atoms with van der Waals surface area (Å²) < 4.78 is 2.34. The van der Waals surface area contributed by atoms with Crippen LogP contribution >= 0.6 is 11.3 Å². The van der Waals surface area contributed by atoms with Gasteiger partial charge in [-0.15, -0.1) is 0 Å². The summed E-state index contributed by atoms with van der Waals surface area (Å²) in [5.41, 5.74) is 8.88. The predicted molar refractivity (Wildman–Crippen MR) is 103 cm³/mol. The molecule has 0 aliphatic carbocycles. The summed E-state index contributed by atoms with van der Waals surface area (Å²) in [5, 5.41) is 16.2. The fourth-order valence-corrected chi connectivity index (χ4v) is 4.04. The molecule has 0 saturated carbocycles. The number of rotatable bonds is 15. The van der Waals surface area contributed by atoms with E-state index in [4.69, 9.17) is 16.2 Å². The number of aryl methyl sites for hydroxylation is 1. The minimum Gasteiger partial charge on any atom is -0.396 e. The van der Waals surface area contributed by atoms with Crippen LogP contribution in [-0.2, 0) is 13.0 Å². The highest BCUT2D eigenvalue weighted by molar-refractivity contribution is 7.09. The number of nitrogens with two attached hydrogens (primary N) is 1. The van der Waals surface area contributed by atoms with Crippen molar-refractivity contribution < 1.29 is 9.67 Å². The maximum Gasteiger partial charge on any atom is 0.225 e. The van der Waals surface area contributed by atoms with Gasteiger partial charge in [-0.25, -0.2) is 0 Å². The summed E-state index contributed by atoms with van der Waals surface area (Å²) in [6.07, 6.45) is 14.5. The van der Waals surface area contributed by atoms with Gasteiger partial charge in [-0.3, -0.25) is 5.41 Å². The van der Waals surface area contributed by atoms with Crippen molar-refractivity contribution in [2.24, 2.45) is 5.73 Å². The Labute approximate surface area is 151 Å². The van der Waals surface area contributed by atoms with Crippen molar-refractivity contribution >= 4 is 17.2 Å². The third-order valence-electron chi connectivity index (χ3n) is 4.59. The van der Waals surface area contributed by atoms with Crippen molar-refractivity contribution in [2.45, 2.75) is 90.5 Å². The second-order valence-corrected chi connectivity index (χ2v) is 7.65. The third kappa shape index (κ3) is 9.38.